The minimum Gasteiger partial charge on any atom is -0.467 e. The molecule has 3 rings (SSSR count). The molecule has 0 aliphatic heterocycles. The molecule has 0 saturated carbocycles. The highest BCUT2D eigenvalue weighted by Gasteiger charge is 2.22. The monoisotopic (exact) mass is 416 g/mol. The number of amides is 1. The Labute approximate surface area is 158 Å². The third-order valence-electron chi connectivity index (χ3n) is 3.89. The molecule has 2 aromatic heterocycles. The van der Waals surface area contributed by atoms with E-state index in [1.165, 1.54) is 19.3 Å². The van der Waals surface area contributed by atoms with Crippen LogP contribution >= 0.6 is 15.9 Å². The molecule has 2 N–H and O–H groups in total. The van der Waals surface area contributed by atoms with Crippen LogP contribution in [0.4, 0.5) is 0 Å². The molecule has 7 heteroatoms. The van der Waals surface area contributed by atoms with E-state index < -0.39 is 17.9 Å². The van der Waals surface area contributed by atoms with Crippen molar-refractivity contribution < 1.29 is 18.7 Å². The van der Waals surface area contributed by atoms with Crippen molar-refractivity contribution in [1.82, 2.24) is 10.3 Å². The molecule has 0 saturated heterocycles. The number of furan rings is 1. The van der Waals surface area contributed by atoms with Crippen molar-refractivity contribution in [3.63, 3.8) is 0 Å². The van der Waals surface area contributed by atoms with Gasteiger partial charge in [0.05, 0.1) is 7.11 Å². The first kappa shape index (κ1) is 18.0. The zero-order chi connectivity index (χ0) is 18.5. The number of hydrogen-bond donors (Lipinski definition) is 2. The van der Waals surface area contributed by atoms with Crippen molar-refractivity contribution >= 4 is 44.8 Å². The van der Waals surface area contributed by atoms with E-state index in [-0.39, 0.29) is 0 Å². The number of esters is 1. The maximum absolute atomic E-state index is 12.2. The van der Waals surface area contributed by atoms with Crippen molar-refractivity contribution in [3.05, 3.63) is 64.7 Å². The van der Waals surface area contributed by atoms with Gasteiger partial charge in [0.2, 0.25) is 5.91 Å². The molecule has 134 valence electrons. The minimum absolute atomic E-state index is 0.322. The standard InChI is InChI=1S/C19H17BrN2O4/c1-25-19(24)16(10-12-11-21-15-5-3-2-4-14(12)15)22-18(23)9-7-13-6-8-17(20)26-13/h2-9,11,16,21H,10H2,1H3,(H,22,23)/t16-/m1/s1. The van der Waals surface area contributed by atoms with Crippen molar-refractivity contribution in [1.29, 1.82) is 0 Å². The van der Waals surface area contributed by atoms with Gasteiger partial charge in [-0.2, -0.15) is 0 Å². The Balaban J connectivity index is 1.72. The zero-order valence-electron chi connectivity index (χ0n) is 14.0. The van der Waals surface area contributed by atoms with Crippen LogP contribution in [0.15, 0.2) is 57.8 Å². The number of benzene rings is 1. The normalized spacial score (nSPS) is 12.4. The van der Waals surface area contributed by atoms with Gasteiger partial charge in [-0.15, -0.1) is 0 Å². The molecule has 6 nitrogen and oxygen atoms in total. The van der Waals surface area contributed by atoms with Crippen LogP contribution in [0.25, 0.3) is 17.0 Å². The van der Waals surface area contributed by atoms with Gasteiger partial charge < -0.3 is 19.5 Å². The fourth-order valence-corrected chi connectivity index (χ4v) is 2.97. The van der Waals surface area contributed by atoms with E-state index >= 15 is 0 Å². The number of aromatic nitrogens is 1. The molecule has 0 spiro atoms. The first-order chi connectivity index (χ1) is 12.6. The molecule has 1 aromatic carbocycles. The molecule has 26 heavy (non-hydrogen) atoms. The Morgan fingerprint density at radius 1 is 1.31 bits per heavy atom. The summed E-state index contributed by atoms with van der Waals surface area (Å²) in [6, 6.07) is 10.4. The summed E-state index contributed by atoms with van der Waals surface area (Å²) in [6.45, 7) is 0. The quantitative estimate of drug-likeness (QED) is 0.476. The average molecular weight is 417 g/mol. The van der Waals surface area contributed by atoms with Crippen LogP contribution in [0.2, 0.25) is 0 Å². The Hall–Kier alpha value is -2.80. The lowest BCUT2D eigenvalue weighted by Gasteiger charge is -2.15. The van der Waals surface area contributed by atoms with Gasteiger partial charge in [0.1, 0.15) is 11.8 Å². The maximum atomic E-state index is 12.2. The number of carbonyl (C=O) groups is 2. The number of methoxy groups -OCH3 is 1. The number of hydrogen-bond acceptors (Lipinski definition) is 4. The number of halogens is 1. The zero-order valence-corrected chi connectivity index (χ0v) is 15.6. The van der Waals surface area contributed by atoms with Gasteiger partial charge in [-0.1, -0.05) is 18.2 Å². The first-order valence-corrected chi connectivity index (χ1v) is 8.73. The Kier molecular flexibility index (Phi) is 5.58. The number of nitrogens with one attached hydrogen (secondary N) is 2. The highest BCUT2D eigenvalue weighted by Crippen LogP contribution is 2.19. The Morgan fingerprint density at radius 2 is 2.12 bits per heavy atom. The fraction of sp³-hybridized carbons (Fsp3) is 0.158. The molecule has 0 bridgehead atoms. The number of rotatable bonds is 6. The molecular formula is C19H17BrN2O4. The largest absolute Gasteiger partial charge is 0.467 e. The second kappa shape index (κ2) is 8.05. The molecule has 0 radical (unpaired) electrons. The van der Waals surface area contributed by atoms with Gasteiger partial charge in [-0.05, 0) is 45.8 Å². The van der Waals surface area contributed by atoms with Crippen LogP contribution in [0.5, 0.6) is 0 Å². The summed E-state index contributed by atoms with van der Waals surface area (Å²) in [5.41, 5.74) is 1.90. The summed E-state index contributed by atoms with van der Waals surface area (Å²) in [6.07, 6.45) is 5.00. The van der Waals surface area contributed by atoms with Crippen LogP contribution < -0.4 is 5.32 Å². The lowest BCUT2D eigenvalue weighted by atomic mass is 10.0. The molecule has 1 amide bonds. The van der Waals surface area contributed by atoms with Crippen molar-refractivity contribution in [2.45, 2.75) is 12.5 Å². The van der Waals surface area contributed by atoms with Gasteiger partial charge in [0, 0.05) is 29.6 Å². The van der Waals surface area contributed by atoms with E-state index in [2.05, 4.69) is 26.2 Å². The summed E-state index contributed by atoms with van der Waals surface area (Å²) in [5, 5.41) is 3.69. The van der Waals surface area contributed by atoms with Gasteiger partial charge in [-0.3, -0.25) is 4.79 Å². The van der Waals surface area contributed by atoms with Crippen molar-refractivity contribution in [2.75, 3.05) is 7.11 Å². The fourth-order valence-electron chi connectivity index (χ4n) is 2.65. The van der Waals surface area contributed by atoms with E-state index in [1.807, 2.05) is 30.5 Å². The van der Waals surface area contributed by atoms with Crippen LogP contribution in [0.3, 0.4) is 0 Å². The summed E-state index contributed by atoms with van der Waals surface area (Å²) in [7, 11) is 1.30. The van der Waals surface area contributed by atoms with Gasteiger partial charge >= 0.3 is 5.97 Å². The molecular weight excluding hydrogens is 400 g/mol. The summed E-state index contributed by atoms with van der Waals surface area (Å²) < 4.78 is 10.7. The lowest BCUT2D eigenvalue weighted by Crippen LogP contribution is -2.42. The van der Waals surface area contributed by atoms with Gasteiger partial charge in [0.15, 0.2) is 4.67 Å². The number of carbonyl (C=O) groups excluding carboxylic acids is 2. The van der Waals surface area contributed by atoms with E-state index in [4.69, 9.17) is 9.15 Å². The van der Waals surface area contributed by atoms with E-state index in [1.54, 1.807) is 12.1 Å². The Bertz CT molecular complexity index is 957. The highest BCUT2D eigenvalue weighted by molar-refractivity contribution is 9.10. The lowest BCUT2D eigenvalue weighted by molar-refractivity contribution is -0.144. The maximum Gasteiger partial charge on any atom is 0.328 e. The summed E-state index contributed by atoms with van der Waals surface area (Å²) in [5.74, 6) is -0.385. The first-order valence-electron chi connectivity index (χ1n) is 7.93. The smallest absolute Gasteiger partial charge is 0.328 e. The molecule has 0 unspecified atom stereocenters. The molecule has 0 aliphatic carbocycles. The molecule has 3 aromatic rings. The van der Waals surface area contributed by atoms with Crippen LogP contribution in [-0.2, 0) is 20.7 Å². The predicted octanol–water partition coefficient (Wildman–Crippen LogP) is 3.44. The van der Waals surface area contributed by atoms with Gasteiger partial charge in [0.25, 0.3) is 0 Å². The average Bonchev–Trinajstić information content (AvgIpc) is 3.25. The third kappa shape index (κ3) is 4.23. The summed E-state index contributed by atoms with van der Waals surface area (Å²) >= 11 is 3.20. The topological polar surface area (TPSA) is 84.3 Å². The number of H-pyrrole nitrogens is 1. The van der Waals surface area contributed by atoms with Crippen molar-refractivity contribution in [3.8, 4) is 0 Å². The molecule has 0 aliphatic rings. The SMILES string of the molecule is COC(=O)[C@@H](Cc1c[nH]c2ccccc12)NC(=O)C=Cc1ccc(Br)o1. The highest BCUT2D eigenvalue weighted by atomic mass is 79.9. The Morgan fingerprint density at radius 3 is 2.85 bits per heavy atom. The van der Waals surface area contributed by atoms with Crippen LogP contribution in [-0.4, -0.2) is 30.0 Å². The number of ether oxygens (including phenoxy) is 1. The van der Waals surface area contributed by atoms with Gasteiger partial charge in [-0.25, -0.2) is 4.79 Å². The minimum atomic E-state index is -0.792. The third-order valence-corrected chi connectivity index (χ3v) is 4.32. The predicted molar refractivity (Wildman–Crippen MR) is 101 cm³/mol. The number of fused-ring (bicyclic) bond motifs is 1. The molecule has 0 fully saturated rings. The van der Waals surface area contributed by atoms with Crippen molar-refractivity contribution in [2.24, 2.45) is 0 Å². The molecule has 2 heterocycles. The number of para-hydroxylation sites is 1. The number of aromatic amines is 1. The second-order valence-corrected chi connectivity index (χ2v) is 6.40. The molecule has 1 atom stereocenters. The summed E-state index contributed by atoms with van der Waals surface area (Å²) in [4.78, 5) is 27.4. The van der Waals surface area contributed by atoms with E-state index in [0.29, 0.717) is 16.9 Å². The van der Waals surface area contributed by atoms with Crippen LogP contribution in [0.1, 0.15) is 11.3 Å². The second-order valence-electron chi connectivity index (χ2n) is 5.62. The van der Waals surface area contributed by atoms with E-state index in [0.717, 1.165) is 16.5 Å². The van der Waals surface area contributed by atoms with E-state index in [9.17, 15) is 9.59 Å². The van der Waals surface area contributed by atoms with Crippen LogP contribution in [0, 0.1) is 0 Å².